The van der Waals surface area contributed by atoms with Gasteiger partial charge in [-0.1, -0.05) is 109 Å². The molecule has 1 nitrogen and oxygen atoms in total. The van der Waals surface area contributed by atoms with Gasteiger partial charge in [-0.25, -0.2) is 0 Å². The van der Waals surface area contributed by atoms with Crippen molar-refractivity contribution < 1.29 is 4.74 Å². The Morgan fingerprint density at radius 2 is 0.793 bits per heavy atom. The summed E-state index contributed by atoms with van der Waals surface area (Å²) < 4.78 is 6.96. The van der Waals surface area contributed by atoms with Crippen LogP contribution in [0.2, 0.25) is 0 Å². The first kappa shape index (κ1) is 19.2. The highest BCUT2D eigenvalue weighted by Crippen LogP contribution is 2.37. The Morgan fingerprint density at radius 3 is 1.17 bits per heavy atom. The van der Waals surface area contributed by atoms with Crippen LogP contribution in [0.25, 0.3) is 0 Å². The molecule has 0 bridgehead atoms. The molecule has 0 saturated heterocycles. The molecule has 0 N–H and O–H groups in total. The first-order chi connectivity index (χ1) is 14.2. The van der Waals surface area contributed by atoms with Crippen LogP contribution in [0.15, 0.2) is 109 Å². The van der Waals surface area contributed by atoms with Gasteiger partial charge in [0.2, 0.25) is 0 Å². The third kappa shape index (κ3) is 4.31. The van der Waals surface area contributed by atoms with Crippen molar-refractivity contribution in [2.24, 2.45) is 0 Å². The van der Waals surface area contributed by atoms with Gasteiger partial charge in [-0.2, -0.15) is 0 Å². The van der Waals surface area contributed by atoms with E-state index in [0.29, 0.717) is 0 Å². The molecule has 2 atom stereocenters. The van der Waals surface area contributed by atoms with E-state index in [2.05, 4.69) is 123 Å². The number of ether oxygens (including phenoxy) is 1. The van der Waals surface area contributed by atoms with Gasteiger partial charge in [-0.15, -0.1) is 0 Å². The van der Waals surface area contributed by atoms with E-state index < -0.39 is 0 Å². The minimum absolute atomic E-state index is 0.151. The molecule has 0 aliphatic carbocycles. The highest BCUT2D eigenvalue weighted by atomic mass is 16.5. The fraction of sp³-hybridized carbons (Fsp3) is 0.143. The summed E-state index contributed by atoms with van der Waals surface area (Å²) in [5.74, 6) is 0. The quantitative estimate of drug-likeness (QED) is 0.345. The largest absolute Gasteiger partial charge is 0.356 e. The van der Waals surface area contributed by atoms with Gasteiger partial charge in [0.25, 0.3) is 0 Å². The van der Waals surface area contributed by atoms with Crippen LogP contribution in [0.4, 0.5) is 0 Å². The van der Waals surface area contributed by atoms with E-state index in [1.165, 1.54) is 22.3 Å². The highest BCUT2D eigenvalue weighted by molar-refractivity contribution is 5.39. The number of rotatable bonds is 6. The topological polar surface area (TPSA) is 9.23 Å². The molecule has 0 amide bonds. The fourth-order valence-corrected chi connectivity index (χ4v) is 3.82. The third-order valence-electron chi connectivity index (χ3n) is 5.42. The molecular formula is C28H26O. The van der Waals surface area contributed by atoms with Crippen molar-refractivity contribution in [3.63, 3.8) is 0 Å². The zero-order valence-corrected chi connectivity index (χ0v) is 17.0. The number of hydrogen-bond acceptors (Lipinski definition) is 1. The molecular weight excluding hydrogens is 352 g/mol. The second-order valence-corrected chi connectivity index (χ2v) is 7.43. The number of benzene rings is 4. The molecule has 2 unspecified atom stereocenters. The van der Waals surface area contributed by atoms with E-state index in [9.17, 15) is 0 Å². The van der Waals surface area contributed by atoms with E-state index in [4.69, 9.17) is 4.74 Å². The van der Waals surface area contributed by atoms with Crippen LogP contribution in [0, 0.1) is 13.8 Å². The molecule has 0 aromatic heterocycles. The zero-order valence-electron chi connectivity index (χ0n) is 17.0. The Bertz CT molecular complexity index is 967. The third-order valence-corrected chi connectivity index (χ3v) is 5.42. The predicted octanol–water partition coefficient (Wildman–Crippen LogP) is 7.20. The maximum atomic E-state index is 6.96. The molecule has 0 fully saturated rings. The molecule has 0 aliphatic rings. The summed E-state index contributed by atoms with van der Waals surface area (Å²) in [4.78, 5) is 0. The Labute approximate surface area is 173 Å². The lowest BCUT2D eigenvalue weighted by molar-refractivity contribution is 0.0302. The lowest BCUT2D eigenvalue weighted by Gasteiger charge is -2.28. The molecule has 0 aliphatic heterocycles. The summed E-state index contributed by atoms with van der Waals surface area (Å²) in [5.41, 5.74) is 7.20. The Kier molecular flexibility index (Phi) is 5.88. The van der Waals surface area contributed by atoms with Crippen LogP contribution in [0.5, 0.6) is 0 Å². The maximum absolute atomic E-state index is 6.96. The van der Waals surface area contributed by atoms with Gasteiger partial charge in [0.1, 0.15) is 12.2 Å². The van der Waals surface area contributed by atoms with Crippen LogP contribution in [-0.2, 0) is 4.74 Å². The minimum Gasteiger partial charge on any atom is -0.356 e. The van der Waals surface area contributed by atoms with Crippen molar-refractivity contribution >= 4 is 0 Å². The van der Waals surface area contributed by atoms with E-state index in [-0.39, 0.29) is 12.2 Å². The van der Waals surface area contributed by atoms with Crippen LogP contribution in [0.3, 0.4) is 0 Å². The monoisotopic (exact) mass is 378 g/mol. The van der Waals surface area contributed by atoms with Gasteiger partial charge < -0.3 is 4.74 Å². The van der Waals surface area contributed by atoms with Gasteiger partial charge in [0.05, 0.1) is 0 Å². The standard InChI is InChI=1S/C28H26O/c1-21-13-9-11-19-25(21)27(23-15-5-3-6-16-23)29-28(24-17-7-4-8-18-24)26-20-12-10-14-22(26)2/h3-20,27-28H,1-2H3. The fourth-order valence-electron chi connectivity index (χ4n) is 3.82. The van der Waals surface area contributed by atoms with E-state index in [1.807, 2.05) is 0 Å². The van der Waals surface area contributed by atoms with Crippen LogP contribution >= 0.6 is 0 Å². The molecule has 4 aromatic carbocycles. The van der Waals surface area contributed by atoms with Gasteiger partial charge in [-0.3, -0.25) is 0 Å². The van der Waals surface area contributed by atoms with Crippen molar-refractivity contribution in [1.82, 2.24) is 0 Å². The van der Waals surface area contributed by atoms with E-state index in [0.717, 1.165) is 11.1 Å². The van der Waals surface area contributed by atoms with Gasteiger partial charge in [-0.05, 0) is 47.2 Å². The van der Waals surface area contributed by atoms with Gasteiger partial charge in [0, 0.05) is 0 Å². The lowest BCUT2D eigenvalue weighted by atomic mass is 9.94. The molecule has 0 spiro atoms. The SMILES string of the molecule is Cc1ccccc1C(OC(c1ccccc1)c1ccccc1C)c1ccccc1. The van der Waals surface area contributed by atoms with Crippen molar-refractivity contribution in [2.45, 2.75) is 26.1 Å². The van der Waals surface area contributed by atoms with Gasteiger partial charge in [0.15, 0.2) is 0 Å². The highest BCUT2D eigenvalue weighted by Gasteiger charge is 2.25. The second kappa shape index (κ2) is 8.89. The normalized spacial score (nSPS) is 13.0. The molecule has 29 heavy (non-hydrogen) atoms. The minimum atomic E-state index is -0.151. The van der Waals surface area contributed by atoms with Crippen LogP contribution in [-0.4, -0.2) is 0 Å². The van der Waals surface area contributed by atoms with E-state index in [1.54, 1.807) is 0 Å². The molecule has 0 heterocycles. The molecule has 4 aromatic rings. The van der Waals surface area contributed by atoms with Gasteiger partial charge >= 0.3 is 0 Å². The van der Waals surface area contributed by atoms with Crippen molar-refractivity contribution in [3.8, 4) is 0 Å². The Balaban J connectivity index is 1.83. The number of hydrogen-bond donors (Lipinski definition) is 0. The summed E-state index contributed by atoms with van der Waals surface area (Å²) in [6, 6.07) is 38.0. The Hall–Kier alpha value is -3.16. The summed E-state index contributed by atoms with van der Waals surface area (Å²) in [6.07, 6.45) is -0.301. The zero-order chi connectivity index (χ0) is 20.1. The summed E-state index contributed by atoms with van der Waals surface area (Å²) in [7, 11) is 0. The lowest BCUT2D eigenvalue weighted by Crippen LogP contribution is -2.15. The summed E-state index contributed by atoms with van der Waals surface area (Å²) in [6.45, 7) is 4.31. The molecule has 0 radical (unpaired) electrons. The maximum Gasteiger partial charge on any atom is 0.109 e. The molecule has 144 valence electrons. The van der Waals surface area contributed by atoms with E-state index >= 15 is 0 Å². The molecule has 4 rings (SSSR count). The smallest absolute Gasteiger partial charge is 0.109 e. The first-order valence-electron chi connectivity index (χ1n) is 10.1. The van der Waals surface area contributed by atoms with Crippen LogP contribution < -0.4 is 0 Å². The Morgan fingerprint density at radius 1 is 0.448 bits per heavy atom. The predicted molar refractivity (Wildman–Crippen MR) is 120 cm³/mol. The van der Waals surface area contributed by atoms with Crippen molar-refractivity contribution in [1.29, 1.82) is 0 Å². The van der Waals surface area contributed by atoms with Crippen LogP contribution in [0.1, 0.15) is 45.6 Å². The van der Waals surface area contributed by atoms with Crippen molar-refractivity contribution in [2.75, 3.05) is 0 Å². The molecule has 0 saturated carbocycles. The summed E-state index contributed by atoms with van der Waals surface area (Å²) in [5, 5.41) is 0. The first-order valence-corrected chi connectivity index (χ1v) is 10.1. The average Bonchev–Trinajstić information content (AvgIpc) is 2.77. The second-order valence-electron chi connectivity index (χ2n) is 7.43. The molecule has 1 heteroatoms. The van der Waals surface area contributed by atoms with Crippen molar-refractivity contribution in [3.05, 3.63) is 143 Å². The summed E-state index contributed by atoms with van der Waals surface area (Å²) >= 11 is 0. The number of aryl methyl sites for hydroxylation is 2. The average molecular weight is 379 g/mol.